The molecule has 0 saturated carbocycles. The number of carbonyl (C=O) groups is 1. The number of aromatic carboxylic acids is 1. The van der Waals surface area contributed by atoms with Gasteiger partial charge in [0.15, 0.2) is 5.69 Å². The van der Waals surface area contributed by atoms with E-state index in [9.17, 15) is 9.90 Å². The van der Waals surface area contributed by atoms with Crippen LogP contribution in [0.5, 0.6) is 0 Å². The first-order chi connectivity index (χ1) is 16.7. The van der Waals surface area contributed by atoms with E-state index >= 15 is 0 Å². The van der Waals surface area contributed by atoms with Gasteiger partial charge in [-0.15, -0.1) is 11.8 Å². The van der Waals surface area contributed by atoms with Gasteiger partial charge in [-0.05, 0) is 19.1 Å². The van der Waals surface area contributed by atoms with Crippen LogP contribution in [-0.2, 0) is 11.3 Å². The molecule has 1 N–H and O–H groups in total. The van der Waals surface area contributed by atoms with Crippen molar-refractivity contribution in [1.29, 1.82) is 0 Å². The van der Waals surface area contributed by atoms with Crippen LogP contribution in [0.1, 0.15) is 30.0 Å². The average Bonchev–Trinajstić information content (AvgIpc) is 3.50. The predicted octanol–water partition coefficient (Wildman–Crippen LogP) is 6.32. The Kier molecular flexibility index (Phi) is 7.87. The Bertz CT molecular complexity index is 1380. The normalized spacial score (nSPS) is 11.5. The minimum Gasteiger partial charge on any atom is -0.476 e. The molecular weight excluding hydrogens is 529 g/mol. The molecule has 8 nitrogen and oxygen atoms in total. The molecule has 0 aliphatic carbocycles. The molecule has 0 saturated heterocycles. The highest BCUT2D eigenvalue weighted by Crippen LogP contribution is 2.42. The Labute approximate surface area is 220 Å². The SMILES string of the molecule is COCCn1cc(-c2c(C)nn(-c3nc(-c4ccc(Cl)c(Cl)c4)c(SC(C)C)s3)c2C(=O)O)cn1. The van der Waals surface area contributed by atoms with E-state index in [1.54, 1.807) is 55.0 Å². The van der Waals surface area contributed by atoms with Crippen LogP contribution in [-0.4, -0.2) is 54.6 Å². The van der Waals surface area contributed by atoms with Gasteiger partial charge in [0.05, 0.1) is 45.0 Å². The first kappa shape index (κ1) is 25.7. The first-order valence-corrected chi connectivity index (χ1v) is 13.1. The zero-order chi connectivity index (χ0) is 25.3. The number of methoxy groups -OCH3 is 1. The van der Waals surface area contributed by atoms with Gasteiger partial charge in [-0.1, -0.05) is 54.5 Å². The van der Waals surface area contributed by atoms with Crippen LogP contribution in [0, 0.1) is 6.92 Å². The third-order valence-corrected chi connectivity index (χ3v) is 7.99. The number of benzene rings is 1. The van der Waals surface area contributed by atoms with E-state index in [1.807, 2.05) is 6.07 Å². The minimum absolute atomic E-state index is 0.0318. The maximum Gasteiger partial charge on any atom is 0.355 e. The van der Waals surface area contributed by atoms with Gasteiger partial charge in [-0.2, -0.15) is 14.9 Å². The number of thioether (sulfide) groups is 1. The highest BCUT2D eigenvalue weighted by atomic mass is 35.5. The van der Waals surface area contributed by atoms with Gasteiger partial charge < -0.3 is 9.84 Å². The van der Waals surface area contributed by atoms with Crippen molar-refractivity contribution in [3.05, 3.63) is 52.0 Å². The zero-order valence-electron chi connectivity index (χ0n) is 19.5. The predicted molar refractivity (Wildman–Crippen MR) is 140 cm³/mol. The largest absolute Gasteiger partial charge is 0.476 e. The number of halogens is 2. The number of hydrogen-bond acceptors (Lipinski definition) is 7. The monoisotopic (exact) mass is 551 g/mol. The highest BCUT2D eigenvalue weighted by molar-refractivity contribution is 8.01. The number of rotatable bonds is 9. The van der Waals surface area contributed by atoms with Gasteiger partial charge in [0.2, 0.25) is 5.13 Å². The minimum atomic E-state index is -1.10. The van der Waals surface area contributed by atoms with Crippen molar-refractivity contribution in [2.24, 2.45) is 0 Å². The molecule has 0 aliphatic rings. The van der Waals surface area contributed by atoms with Crippen molar-refractivity contribution in [2.45, 2.75) is 36.8 Å². The molecule has 4 aromatic rings. The third-order valence-electron chi connectivity index (χ3n) is 5.01. The summed E-state index contributed by atoms with van der Waals surface area (Å²) in [4.78, 5) is 17.2. The molecule has 1 aromatic carbocycles. The Morgan fingerprint density at radius 1 is 1.26 bits per heavy atom. The van der Waals surface area contributed by atoms with E-state index < -0.39 is 5.97 Å². The Morgan fingerprint density at radius 3 is 2.69 bits per heavy atom. The van der Waals surface area contributed by atoms with Gasteiger partial charge in [-0.25, -0.2) is 9.78 Å². The summed E-state index contributed by atoms with van der Waals surface area (Å²) in [6.45, 7) is 7.01. The lowest BCUT2D eigenvalue weighted by Gasteiger charge is -2.05. The fourth-order valence-corrected chi connectivity index (χ4v) is 6.29. The van der Waals surface area contributed by atoms with Crippen LogP contribution in [0.4, 0.5) is 0 Å². The smallest absolute Gasteiger partial charge is 0.355 e. The fourth-order valence-electron chi connectivity index (χ4n) is 3.51. The Balaban J connectivity index is 1.84. The van der Waals surface area contributed by atoms with Gasteiger partial charge in [0.25, 0.3) is 0 Å². The maximum absolute atomic E-state index is 12.4. The summed E-state index contributed by atoms with van der Waals surface area (Å²) < 4.78 is 9.15. The molecule has 0 aliphatic heterocycles. The number of ether oxygens (including phenoxy) is 1. The number of aromatic nitrogens is 5. The number of aryl methyl sites for hydroxylation is 1. The molecule has 0 spiro atoms. The second-order valence-corrected chi connectivity index (χ2v) is 11.6. The van der Waals surface area contributed by atoms with E-state index in [1.165, 1.54) is 16.0 Å². The molecule has 0 radical (unpaired) electrons. The molecular formula is C23H23Cl2N5O3S2. The molecule has 3 aromatic heterocycles. The number of nitrogens with zero attached hydrogens (tertiary/aromatic N) is 5. The molecule has 0 unspecified atom stereocenters. The summed E-state index contributed by atoms with van der Waals surface area (Å²) in [7, 11) is 1.62. The van der Waals surface area contributed by atoms with E-state index in [-0.39, 0.29) is 10.9 Å². The van der Waals surface area contributed by atoms with Crippen molar-refractivity contribution in [3.8, 4) is 27.5 Å². The Hall–Kier alpha value is -2.37. The average molecular weight is 553 g/mol. The number of thiazole rings is 1. The number of carboxylic acids is 1. The summed E-state index contributed by atoms with van der Waals surface area (Å²) in [6.07, 6.45) is 3.43. The standard InChI is InChI=1S/C23H23Cl2N5O3S2/c1-12(2)34-22-19(14-5-6-16(24)17(25)9-14)27-23(35-22)30-20(21(31)32)18(13(3)28-30)15-10-26-29(11-15)7-8-33-4/h5-6,9-12H,7-8H2,1-4H3,(H,31,32). The van der Waals surface area contributed by atoms with Crippen LogP contribution in [0.15, 0.2) is 34.8 Å². The molecule has 35 heavy (non-hydrogen) atoms. The van der Waals surface area contributed by atoms with Crippen molar-refractivity contribution >= 4 is 52.3 Å². The number of carboxylic acid groups (broad SMARTS) is 1. The Morgan fingerprint density at radius 2 is 2.03 bits per heavy atom. The molecule has 0 bridgehead atoms. The summed E-state index contributed by atoms with van der Waals surface area (Å²) in [5.41, 5.74) is 3.28. The molecule has 0 atom stereocenters. The first-order valence-electron chi connectivity index (χ1n) is 10.7. The van der Waals surface area contributed by atoms with Crippen LogP contribution >= 0.6 is 46.3 Å². The van der Waals surface area contributed by atoms with Crippen molar-refractivity contribution in [1.82, 2.24) is 24.5 Å². The van der Waals surface area contributed by atoms with Crippen LogP contribution in [0.3, 0.4) is 0 Å². The van der Waals surface area contributed by atoms with Gasteiger partial charge in [0.1, 0.15) is 0 Å². The lowest BCUT2D eigenvalue weighted by molar-refractivity contribution is 0.0688. The van der Waals surface area contributed by atoms with Crippen LogP contribution in [0.25, 0.3) is 27.5 Å². The molecule has 3 heterocycles. The van der Waals surface area contributed by atoms with Gasteiger partial charge in [-0.3, -0.25) is 4.68 Å². The number of hydrogen-bond donors (Lipinski definition) is 1. The molecule has 12 heteroatoms. The second kappa shape index (κ2) is 10.7. The molecule has 184 valence electrons. The fraction of sp³-hybridized carbons (Fsp3) is 0.304. The van der Waals surface area contributed by atoms with Crippen molar-refractivity contribution < 1.29 is 14.6 Å². The lowest BCUT2D eigenvalue weighted by Crippen LogP contribution is -2.09. The summed E-state index contributed by atoms with van der Waals surface area (Å²) in [5, 5.41) is 20.7. The molecule has 0 fully saturated rings. The van der Waals surface area contributed by atoms with E-state index in [4.69, 9.17) is 32.9 Å². The molecule has 4 rings (SSSR count). The maximum atomic E-state index is 12.4. The molecule has 0 amide bonds. The van der Waals surface area contributed by atoms with Gasteiger partial charge >= 0.3 is 5.97 Å². The van der Waals surface area contributed by atoms with Crippen molar-refractivity contribution in [3.63, 3.8) is 0 Å². The zero-order valence-corrected chi connectivity index (χ0v) is 22.6. The van der Waals surface area contributed by atoms with Crippen LogP contribution < -0.4 is 0 Å². The lowest BCUT2D eigenvalue weighted by atomic mass is 10.1. The summed E-state index contributed by atoms with van der Waals surface area (Å²) in [6, 6.07) is 5.34. The summed E-state index contributed by atoms with van der Waals surface area (Å²) >= 11 is 15.4. The third kappa shape index (κ3) is 5.41. The quantitative estimate of drug-likeness (QED) is 0.243. The second-order valence-electron chi connectivity index (χ2n) is 7.94. The summed E-state index contributed by atoms with van der Waals surface area (Å²) in [5.74, 6) is -1.10. The topological polar surface area (TPSA) is 95.1 Å². The van der Waals surface area contributed by atoms with Gasteiger partial charge in [0, 0.05) is 35.2 Å². The van der Waals surface area contributed by atoms with Crippen molar-refractivity contribution in [2.75, 3.05) is 13.7 Å². The van der Waals surface area contributed by atoms with E-state index in [0.29, 0.717) is 50.8 Å². The van der Waals surface area contributed by atoms with Crippen LogP contribution in [0.2, 0.25) is 10.0 Å². The van der Waals surface area contributed by atoms with E-state index in [2.05, 4.69) is 24.0 Å². The van der Waals surface area contributed by atoms with E-state index in [0.717, 1.165) is 9.77 Å². The highest BCUT2D eigenvalue weighted by Gasteiger charge is 2.27.